The lowest BCUT2D eigenvalue weighted by molar-refractivity contribution is 0.331. The van der Waals surface area contributed by atoms with Gasteiger partial charge in [-0.2, -0.15) is 0 Å². The highest BCUT2D eigenvalue weighted by molar-refractivity contribution is 5.90. The zero-order valence-corrected chi connectivity index (χ0v) is 17.4. The molecule has 5 rings (SSSR count). The van der Waals surface area contributed by atoms with Crippen molar-refractivity contribution in [3.05, 3.63) is 60.2 Å². The number of hydrogen-bond acceptors (Lipinski definition) is 8. The molecule has 0 amide bonds. The number of fused-ring (bicyclic) bond motifs is 2. The molecule has 8 nitrogen and oxygen atoms in total. The lowest BCUT2D eigenvalue weighted by Gasteiger charge is -2.23. The van der Waals surface area contributed by atoms with Gasteiger partial charge in [0.15, 0.2) is 0 Å². The average molecular weight is 414 g/mol. The third-order valence-electron chi connectivity index (χ3n) is 5.34. The van der Waals surface area contributed by atoms with Gasteiger partial charge in [0.1, 0.15) is 29.7 Å². The van der Waals surface area contributed by atoms with Gasteiger partial charge in [-0.25, -0.2) is 19.9 Å². The molecule has 1 aliphatic heterocycles. The number of ether oxygens (including phenoxy) is 2. The molecule has 0 bridgehead atoms. The van der Waals surface area contributed by atoms with Gasteiger partial charge in [0.2, 0.25) is 5.95 Å². The second-order valence-corrected chi connectivity index (χ2v) is 7.40. The van der Waals surface area contributed by atoms with E-state index in [-0.39, 0.29) is 5.95 Å². The molecule has 0 unspecified atom stereocenters. The standard InChI is InChI=1S/C23H22N6O2/c1-14-27-20-10-18(30-2)4-5-19(20)22(28-14)29-7-8-31-21-6-3-15(9-16(21)13-29)17-11-25-23(24)26-12-17/h3-6,9-12H,7-8,13H2,1-2H3,(H2,24,25,26). The number of anilines is 2. The molecule has 0 spiro atoms. The van der Waals surface area contributed by atoms with Gasteiger partial charge in [0.25, 0.3) is 0 Å². The van der Waals surface area contributed by atoms with Crippen LogP contribution in [0.25, 0.3) is 22.0 Å². The molecule has 0 saturated heterocycles. The third-order valence-corrected chi connectivity index (χ3v) is 5.34. The summed E-state index contributed by atoms with van der Waals surface area (Å²) in [4.78, 5) is 19.8. The van der Waals surface area contributed by atoms with E-state index in [0.29, 0.717) is 25.5 Å². The van der Waals surface area contributed by atoms with Gasteiger partial charge in [-0.15, -0.1) is 0 Å². The number of aryl methyl sites for hydroxylation is 1. The molecule has 0 atom stereocenters. The van der Waals surface area contributed by atoms with E-state index in [1.54, 1.807) is 19.5 Å². The predicted octanol–water partition coefficient (Wildman–Crippen LogP) is 3.39. The summed E-state index contributed by atoms with van der Waals surface area (Å²) in [5.41, 5.74) is 9.48. The van der Waals surface area contributed by atoms with Crippen LogP contribution in [0, 0.1) is 6.92 Å². The zero-order valence-electron chi connectivity index (χ0n) is 17.4. The van der Waals surface area contributed by atoms with Crippen LogP contribution in [-0.2, 0) is 6.54 Å². The SMILES string of the molecule is COc1ccc2c(N3CCOc4ccc(-c5cnc(N)nc5)cc4C3)nc(C)nc2c1. The third kappa shape index (κ3) is 3.68. The molecule has 156 valence electrons. The summed E-state index contributed by atoms with van der Waals surface area (Å²) < 4.78 is 11.4. The van der Waals surface area contributed by atoms with Crippen molar-refractivity contribution in [2.45, 2.75) is 13.5 Å². The molecular formula is C23H22N6O2. The Kier molecular flexibility index (Phi) is 4.74. The first kappa shape index (κ1) is 19.0. The smallest absolute Gasteiger partial charge is 0.219 e. The minimum Gasteiger partial charge on any atom is -0.497 e. The van der Waals surface area contributed by atoms with Crippen molar-refractivity contribution in [1.82, 2.24) is 19.9 Å². The highest BCUT2D eigenvalue weighted by Gasteiger charge is 2.20. The van der Waals surface area contributed by atoms with Gasteiger partial charge in [-0.3, -0.25) is 0 Å². The minimum absolute atomic E-state index is 0.260. The Morgan fingerprint density at radius 1 is 1.03 bits per heavy atom. The summed E-state index contributed by atoms with van der Waals surface area (Å²) in [6.07, 6.45) is 3.46. The maximum atomic E-state index is 6.03. The molecule has 3 heterocycles. The van der Waals surface area contributed by atoms with Crippen LogP contribution in [0.5, 0.6) is 11.5 Å². The number of nitrogens with two attached hydrogens (primary N) is 1. The molecule has 2 N–H and O–H groups in total. The van der Waals surface area contributed by atoms with Crippen molar-refractivity contribution in [3.63, 3.8) is 0 Å². The maximum absolute atomic E-state index is 6.03. The number of hydrogen-bond donors (Lipinski definition) is 1. The summed E-state index contributed by atoms with van der Waals surface area (Å²) in [5, 5.41) is 0.984. The second kappa shape index (κ2) is 7.71. The maximum Gasteiger partial charge on any atom is 0.219 e. The van der Waals surface area contributed by atoms with E-state index in [4.69, 9.17) is 20.2 Å². The van der Waals surface area contributed by atoms with Crippen LogP contribution in [0.3, 0.4) is 0 Å². The molecule has 0 aliphatic carbocycles. The van der Waals surface area contributed by atoms with Crippen LogP contribution in [-0.4, -0.2) is 40.2 Å². The largest absolute Gasteiger partial charge is 0.497 e. The topological polar surface area (TPSA) is 99.3 Å². The fourth-order valence-corrected chi connectivity index (χ4v) is 3.82. The first-order valence-electron chi connectivity index (χ1n) is 10.0. The number of aromatic nitrogens is 4. The Hall–Kier alpha value is -3.94. The molecule has 0 fully saturated rings. The molecule has 2 aromatic carbocycles. The zero-order chi connectivity index (χ0) is 21.4. The van der Waals surface area contributed by atoms with Crippen molar-refractivity contribution in [2.24, 2.45) is 0 Å². The number of rotatable bonds is 3. The molecule has 1 aliphatic rings. The summed E-state index contributed by atoms with van der Waals surface area (Å²) >= 11 is 0. The fraction of sp³-hybridized carbons (Fsp3) is 0.217. The van der Waals surface area contributed by atoms with Crippen LogP contribution >= 0.6 is 0 Å². The normalized spacial score (nSPS) is 13.4. The average Bonchev–Trinajstić information content (AvgIpc) is 3.00. The van der Waals surface area contributed by atoms with Crippen LogP contribution in [0.1, 0.15) is 11.4 Å². The van der Waals surface area contributed by atoms with Crippen LogP contribution in [0.4, 0.5) is 11.8 Å². The molecule has 8 heteroatoms. The first-order chi connectivity index (χ1) is 15.1. The Bertz CT molecular complexity index is 1260. The molecule has 4 aromatic rings. The van der Waals surface area contributed by atoms with E-state index in [1.807, 2.05) is 37.3 Å². The Balaban J connectivity index is 1.55. The van der Waals surface area contributed by atoms with Crippen LogP contribution in [0.15, 0.2) is 48.8 Å². The van der Waals surface area contributed by atoms with Crippen molar-refractivity contribution >= 4 is 22.7 Å². The Labute approximate surface area is 179 Å². The lowest BCUT2D eigenvalue weighted by Crippen LogP contribution is -2.26. The molecule has 0 saturated carbocycles. The predicted molar refractivity (Wildman–Crippen MR) is 119 cm³/mol. The van der Waals surface area contributed by atoms with Crippen molar-refractivity contribution in [3.8, 4) is 22.6 Å². The monoisotopic (exact) mass is 414 g/mol. The minimum atomic E-state index is 0.260. The van der Waals surface area contributed by atoms with Gasteiger partial charge < -0.3 is 20.1 Å². The van der Waals surface area contributed by atoms with Gasteiger partial charge in [0, 0.05) is 41.5 Å². The van der Waals surface area contributed by atoms with Crippen LogP contribution in [0.2, 0.25) is 0 Å². The van der Waals surface area contributed by atoms with Crippen molar-refractivity contribution < 1.29 is 9.47 Å². The quantitative estimate of drug-likeness (QED) is 0.545. The van der Waals surface area contributed by atoms with E-state index < -0.39 is 0 Å². The van der Waals surface area contributed by atoms with Gasteiger partial charge >= 0.3 is 0 Å². The van der Waals surface area contributed by atoms with E-state index in [0.717, 1.165) is 44.9 Å². The van der Waals surface area contributed by atoms with Crippen molar-refractivity contribution in [1.29, 1.82) is 0 Å². The molecular weight excluding hydrogens is 392 g/mol. The first-order valence-corrected chi connectivity index (χ1v) is 10.0. The highest BCUT2D eigenvalue weighted by Crippen LogP contribution is 2.33. The summed E-state index contributed by atoms with van der Waals surface area (Å²) in [6.45, 7) is 3.85. The molecule has 2 aromatic heterocycles. The van der Waals surface area contributed by atoms with Crippen LogP contribution < -0.4 is 20.1 Å². The Morgan fingerprint density at radius 3 is 2.68 bits per heavy atom. The van der Waals surface area contributed by atoms with Gasteiger partial charge in [-0.05, 0) is 36.8 Å². The van der Waals surface area contributed by atoms with E-state index >= 15 is 0 Å². The van der Waals surface area contributed by atoms with Gasteiger partial charge in [0.05, 0.1) is 19.2 Å². The van der Waals surface area contributed by atoms with Crippen molar-refractivity contribution in [2.75, 3.05) is 30.9 Å². The second-order valence-electron chi connectivity index (χ2n) is 7.40. The van der Waals surface area contributed by atoms with E-state index in [2.05, 4.69) is 25.9 Å². The number of methoxy groups -OCH3 is 1. The Morgan fingerprint density at radius 2 is 1.87 bits per heavy atom. The highest BCUT2D eigenvalue weighted by atomic mass is 16.5. The lowest BCUT2D eigenvalue weighted by atomic mass is 10.0. The molecule has 31 heavy (non-hydrogen) atoms. The fourth-order valence-electron chi connectivity index (χ4n) is 3.82. The summed E-state index contributed by atoms with van der Waals surface area (Å²) in [6, 6.07) is 12.0. The number of nitrogen functional groups attached to an aromatic ring is 1. The summed E-state index contributed by atoms with van der Waals surface area (Å²) in [7, 11) is 1.66. The van der Waals surface area contributed by atoms with Gasteiger partial charge in [-0.1, -0.05) is 6.07 Å². The van der Waals surface area contributed by atoms with E-state index in [1.165, 1.54) is 0 Å². The van der Waals surface area contributed by atoms with E-state index in [9.17, 15) is 0 Å². The summed E-state index contributed by atoms with van der Waals surface area (Å²) in [5.74, 6) is 3.52. The number of benzene rings is 2. The number of nitrogens with zero attached hydrogens (tertiary/aromatic N) is 5. The molecule has 0 radical (unpaired) electrons.